The van der Waals surface area contributed by atoms with Gasteiger partial charge in [0.2, 0.25) is 0 Å². The van der Waals surface area contributed by atoms with Gasteiger partial charge in [-0.05, 0) is 107 Å². The number of hydrogen-bond donors (Lipinski definition) is 0. The van der Waals surface area contributed by atoms with E-state index in [1.165, 1.54) is 61.9 Å². The van der Waals surface area contributed by atoms with Crippen LogP contribution >= 0.6 is 0 Å². The minimum atomic E-state index is 0.889. The highest BCUT2D eigenvalue weighted by Gasteiger charge is 2.05. The standard InChI is InChI=1S/C8H12.2C6H10.C5H10N2.C5H13N.C4H10O/c1-7-3-5-8(2)6-4-7;1-5-3-4-6(5)2;1-3-5-6-4-2;1-5-3-4-7(2)6-5;1-4-5-6(2)3;1-3-4-5-2/h3,5H,4,6H2,1-2H3;3-4H2,1-2H3;3,5H2,1-2H3;3-4H2,1-2H3;4-5H2,1-3H3;3-4H2,1-2H3. The fourth-order valence-electron chi connectivity index (χ4n) is 3.09. The Bertz CT molecular complexity index is 701. The van der Waals surface area contributed by atoms with Crippen LogP contribution in [0.25, 0.3) is 0 Å². The molecule has 0 atom stereocenters. The van der Waals surface area contributed by atoms with Gasteiger partial charge in [-0.3, -0.25) is 5.01 Å². The molecule has 3 aliphatic rings. The minimum absolute atomic E-state index is 0.889. The Labute approximate surface area is 239 Å². The van der Waals surface area contributed by atoms with E-state index < -0.39 is 0 Å². The SMILES string of the molecule is CC#CCCC.CC1=C(C)CC1.CC1=CC=C(C)CC1.CC1=NN(C)CC1.CCCN(C)C.CCCOC. The van der Waals surface area contributed by atoms with Crippen molar-refractivity contribution in [1.82, 2.24) is 9.91 Å². The fourth-order valence-corrected chi connectivity index (χ4v) is 3.09. The van der Waals surface area contributed by atoms with Crippen molar-refractivity contribution in [3.63, 3.8) is 0 Å². The van der Waals surface area contributed by atoms with Gasteiger partial charge in [-0.25, -0.2) is 0 Å². The number of ether oxygens (including phenoxy) is 1. The molecule has 4 nitrogen and oxygen atoms in total. The summed E-state index contributed by atoms with van der Waals surface area (Å²) < 4.78 is 4.69. The van der Waals surface area contributed by atoms with Gasteiger partial charge in [0, 0.05) is 45.9 Å². The number of nitrogens with zero attached hydrogens (tertiary/aromatic N) is 3. The first-order valence-corrected chi connectivity index (χ1v) is 14.7. The second-order valence-corrected chi connectivity index (χ2v) is 10.5. The van der Waals surface area contributed by atoms with E-state index in [1.54, 1.807) is 18.3 Å². The Morgan fingerprint density at radius 1 is 0.842 bits per heavy atom. The lowest BCUT2D eigenvalue weighted by atomic mass is 9.92. The van der Waals surface area contributed by atoms with Crippen molar-refractivity contribution in [3.8, 4) is 11.8 Å². The van der Waals surface area contributed by atoms with E-state index >= 15 is 0 Å². The Morgan fingerprint density at radius 3 is 1.47 bits per heavy atom. The quantitative estimate of drug-likeness (QED) is 0.261. The summed E-state index contributed by atoms with van der Waals surface area (Å²) in [5.41, 5.74) is 7.48. The molecule has 3 rings (SSSR count). The summed E-state index contributed by atoms with van der Waals surface area (Å²) in [6.45, 7) is 22.3. The van der Waals surface area contributed by atoms with Crippen LogP contribution in [0.4, 0.5) is 0 Å². The third kappa shape index (κ3) is 32.2. The zero-order valence-electron chi connectivity index (χ0n) is 27.9. The van der Waals surface area contributed by atoms with Crippen LogP contribution in [0.2, 0.25) is 0 Å². The molecule has 0 fully saturated rings. The van der Waals surface area contributed by atoms with E-state index in [4.69, 9.17) is 4.74 Å². The molecule has 0 bridgehead atoms. The average Bonchev–Trinajstić information content (AvgIpc) is 3.28. The second kappa shape index (κ2) is 29.7. The molecule has 0 amide bonds. The number of hydrazone groups is 1. The Balaban J connectivity index is -0.000000390. The Morgan fingerprint density at radius 2 is 1.37 bits per heavy atom. The Hall–Kier alpha value is -1.83. The fraction of sp³-hybridized carbons (Fsp3) is 0.735. The van der Waals surface area contributed by atoms with E-state index in [9.17, 15) is 0 Å². The summed E-state index contributed by atoms with van der Waals surface area (Å²) in [5, 5.41) is 6.11. The van der Waals surface area contributed by atoms with Crippen LogP contribution in [0.1, 0.15) is 120 Å². The second-order valence-electron chi connectivity index (χ2n) is 10.5. The molecule has 2 aliphatic carbocycles. The zero-order chi connectivity index (χ0) is 29.8. The monoisotopic (exact) mass is 532 g/mol. The molecule has 0 saturated carbocycles. The third-order valence-electron chi connectivity index (χ3n) is 5.94. The lowest BCUT2D eigenvalue weighted by Gasteiger charge is -2.15. The van der Waals surface area contributed by atoms with Crippen LogP contribution in [0.5, 0.6) is 0 Å². The van der Waals surface area contributed by atoms with E-state index in [-0.39, 0.29) is 0 Å². The van der Waals surface area contributed by atoms with E-state index in [1.807, 2.05) is 19.0 Å². The number of methoxy groups -OCH3 is 1. The van der Waals surface area contributed by atoms with E-state index in [0.717, 1.165) is 32.4 Å². The molecule has 1 aliphatic heterocycles. The molecule has 0 unspecified atom stereocenters. The molecule has 0 spiro atoms. The summed E-state index contributed by atoms with van der Waals surface area (Å²) in [5.74, 6) is 5.77. The molecule has 0 radical (unpaired) electrons. The summed E-state index contributed by atoms with van der Waals surface area (Å²) >= 11 is 0. The maximum Gasteiger partial charge on any atom is 0.0459 e. The lowest BCUT2D eigenvalue weighted by molar-refractivity contribution is 0.199. The number of allylic oxidation sites excluding steroid dienone is 6. The van der Waals surface area contributed by atoms with Crippen molar-refractivity contribution in [1.29, 1.82) is 0 Å². The number of rotatable bonds is 5. The number of hydrogen-bond acceptors (Lipinski definition) is 4. The van der Waals surface area contributed by atoms with Crippen molar-refractivity contribution >= 4 is 5.71 Å². The first kappa shape index (κ1) is 40.7. The largest absolute Gasteiger partial charge is 0.385 e. The van der Waals surface area contributed by atoms with E-state index in [2.05, 4.69) is 103 Å². The highest BCUT2D eigenvalue weighted by Crippen LogP contribution is 2.25. The van der Waals surface area contributed by atoms with Gasteiger partial charge in [0.1, 0.15) is 0 Å². The third-order valence-corrected chi connectivity index (χ3v) is 5.94. The lowest BCUT2D eigenvalue weighted by Crippen LogP contribution is -2.11. The highest BCUT2D eigenvalue weighted by molar-refractivity contribution is 5.82. The van der Waals surface area contributed by atoms with Crippen LogP contribution in [0, 0.1) is 11.8 Å². The van der Waals surface area contributed by atoms with Crippen molar-refractivity contribution < 1.29 is 4.74 Å². The molecule has 38 heavy (non-hydrogen) atoms. The zero-order valence-corrected chi connectivity index (χ0v) is 27.9. The number of unbranched alkanes of at least 4 members (excludes halogenated alkanes) is 1. The van der Waals surface area contributed by atoms with Crippen molar-refractivity contribution in [2.24, 2.45) is 5.10 Å². The molecule has 1 heterocycles. The smallest absolute Gasteiger partial charge is 0.0459 e. The topological polar surface area (TPSA) is 28.1 Å². The van der Waals surface area contributed by atoms with Gasteiger partial charge >= 0.3 is 0 Å². The highest BCUT2D eigenvalue weighted by atomic mass is 16.5. The van der Waals surface area contributed by atoms with Crippen LogP contribution in [0.15, 0.2) is 39.5 Å². The van der Waals surface area contributed by atoms with Crippen molar-refractivity contribution in [2.45, 2.75) is 120 Å². The van der Waals surface area contributed by atoms with Gasteiger partial charge in [-0.2, -0.15) is 5.10 Å². The summed E-state index contributed by atoms with van der Waals surface area (Å²) in [7, 11) is 7.88. The minimum Gasteiger partial charge on any atom is -0.385 e. The molecule has 222 valence electrons. The molecule has 0 N–H and O–H groups in total. The predicted molar refractivity (Wildman–Crippen MR) is 174 cm³/mol. The van der Waals surface area contributed by atoms with Gasteiger partial charge in [0.25, 0.3) is 0 Å². The predicted octanol–water partition coefficient (Wildman–Crippen LogP) is 9.30. The van der Waals surface area contributed by atoms with Crippen LogP contribution in [0.3, 0.4) is 0 Å². The van der Waals surface area contributed by atoms with Gasteiger partial charge in [0.05, 0.1) is 0 Å². The van der Waals surface area contributed by atoms with Crippen molar-refractivity contribution in [3.05, 3.63) is 34.4 Å². The summed E-state index contributed by atoms with van der Waals surface area (Å²) in [6.07, 6.45) is 15.4. The maximum absolute atomic E-state index is 4.69. The Kier molecular flexibility index (Phi) is 31.8. The van der Waals surface area contributed by atoms with E-state index in [0.29, 0.717) is 0 Å². The van der Waals surface area contributed by atoms with Gasteiger partial charge < -0.3 is 9.64 Å². The molecule has 4 heteroatoms. The summed E-state index contributed by atoms with van der Waals surface area (Å²) in [6, 6.07) is 0. The van der Waals surface area contributed by atoms with Crippen LogP contribution < -0.4 is 0 Å². The normalized spacial score (nSPS) is 14.9. The molecule has 0 aromatic heterocycles. The van der Waals surface area contributed by atoms with Gasteiger partial charge in [-0.1, -0.05) is 55.2 Å². The van der Waals surface area contributed by atoms with Crippen molar-refractivity contribution in [2.75, 3.05) is 47.9 Å². The molecular weight excluding hydrogens is 466 g/mol. The van der Waals surface area contributed by atoms with Crippen LogP contribution in [-0.4, -0.2) is 63.6 Å². The summed E-state index contributed by atoms with van der Waals surface area (Å²) in [4.78, 5) is 2.18. The maximum atomic E-state index is 4.69. The molecule has 0 saturated heterocycles. The molecule has 0 aromatic rings. The first-order valence-electron chi connectivity index (χ1n) is 14.7. The van der Waals surface area contributed by atoms with Gasteiger partial charge in [-0.15, -0.1) is 11.8 Å². The average molecular weight is 532 g/mol. The molecular formula is C34H65N3O. The first-order chi connectivity index (χ1) is 18.0. The van der Waals surface area contributed by atoms with Crippen LogP contribution in [-0.2, 0) is 4.74 Å². The van der Waals surface area contributed by atoms with Gasteiger partial charge in [0.15, 0.2) is 0 Å². The molecule has 0 aromatic carbocycles.